The van der Waals surface area contributed by atoms with Crippen molar-refractivity contribution < 1.29 is 19.0 Å². The lowest BCUT2D eigenvalue weighted by Crippen LogP contribution is -2.25. The quantitative estimate of drug-likeness (QED) is 0.537. The minimum Gasteiger partial charge on any atom is -0.497 e. The molecule has 0 radical (unpaired) electrons. The Labute approximate surface area is 186 Å². The highest BCUT2D eigenvalue weighted by Gasteiger charge is 2.19. The number of carbonyl (C=O) groups excluding carboxylic acids is 1. The second kappa shape index (κ2) is 9.21. The molecule has 0 aliphatic carbocycles. The molecule has 8 heteroatoms. The van der Waals surface area contributed by atoms with Gasteiger partial charge in [-0.15, -0.1) is 0 Å². The maximum Gasteiger partial charge on any atom is 0.340 e. The van der Waals surface area contributed by atoms with Crippen molar-refractivity contribution in [3.05, 3.63) is 75.3 Å². The van der Waals surface area contributed by atoms with Gasteiger partial charge in [0.2, 0.25) is 5.88 Å². The molecule has 0 atom stereocenters. The van der Waals surface area contributed by atoms with Gasteiger partial charge in [-0.3, -0.25) is 4.79 Å². The first-order valence-corrected chi connectivity index (χ1v) is 10.2. The number of aromatic nitrogens is 3. The molecular formula is C24H27N3O5. The Morgan fingerprint density at radius 1 is 1.09 bits per heavy atom. The fourth-order valence-electron chi connectivity index (χ4n) is 2.95. The molecule has 0 aliphatic rings. The third kappa shape index (κ3) is 5.72. The van der Waals surface area contributed by atoms with Gasteiger partial charge in [-0.05, 0) is 58.4 Å². The number of carbonyl (C=O) groups is 1. The predicted molar refractivity (Wildman–Crippen MR) is 120 cm³/mol. The molecule has 168 valence electrons. The van der Waals surface area contributed by atoms with Crippen LogP contribution in [0.2, 0.25) is 0 Å². The van der Waals surface area contributed by atoms with Gasteiger partial charge >= 0.3 is 11.5 Å². The van der Waals surface area contributed by atoms with Gasteiger partial charge < -0.3 is 14.2 Å². The molecule has 0 aliphatic heterocycles. The highest BCUT2D eigenvalue weighted by molar-refractivity contribution is 5.89. The number of aryl methyl sites for hydroxylation is 2. The summed E-state index contributed by atoms with van der Waals surface area (Å²) in [5, 5.41) is 4.32. The third-order valence-electron chi connectivity index (χ3n) is 4.43. The highest BCUT2D eigenvalue weighted by atomic mass is 16.6. The number of hydrogen-bond acceptors (Lipinski definition) is 7. The van der Waals surface area contributed by atoms with Crippen LogP contribution < -0.4 is 15.0 Å². The van der Waals surface area contributed by atoms with E-state index in [1.54, 1.807) is 53.9 Å². The van der Waals surface area contributed by atoms with Gasteiger partial charge in [-0.1, -0.05) is 12.1 Å². The molecule has 0 saturated carbocycles. The minimum absolute atomic E-state index is 0.103. The van der Waals surface area contributed by atoms with Crippen LogP contribution in [0.15, 0.2) is 47.4 Å². The molecular weight excluding hydrogens is 410 g/mol. The summed E-state index contributed by atoms with van der Waals surface area (Å²) < 4.78 is 17.7. The third-order valence-corrected chi connectivity index (χ3v) is 4.43. The maximum atomic E-state index is 12.9. The molecule has 8 nitrogen and oxygen atoms in total. The van der Waals surface area contributed by atoms with Gasteiger partial charge in [-0.2, -0.15) is 5.10 Å². The smallest absolute Gasteiger partial charge is 0.340 e. The molecule has 0 amide bonds. The largest absolute Gasteiger partial charge is 0.497 e. The van der Waals surface area contributed by atoms with Crippen molar-refractivity contribution in [3.8, 4) is 17.4 Å². The van der Waals surface area contributed by atoms with E-state index < -0.39 is 11.6 Å². The lowest BCUT2D eigenvalue weighted by molar-refractivity contribution is 0.00689. The van der Waals surface area contributed by atoms with Gasteiger partial charge in [0.1, 0.15) is 11.4 Å². The monoisotopic (exact) mass is 437 g/mol. The van der Waals surface area contributed by atoms with Crippen molar-refractivity contribution in [2.45, 2.75) is 46.8 Å². The molecule has 0 unspecified atom stereocenters. The first kappa shape index (κ1) is 23.0. The van der Waals surface area contributed by atoms with E-state index in [9.17, 15) is 9.59 Å². The topological polar surface area (TPSA) is 92.5 Å². The second-order valence-corrected chi connectivity index (χ2v) is 8.41. The van der Waals surface area contributed by atoms with Crippen LogP contribution >= 0.6 is 0 Å². The zero-order valence-electron chi connectivity index (χ0n) is 19.1. The molecule has 3 aromatic rings. The van der Waals surface area contributed by atoms with E-state index >= 15 is 0 Å². The Balaban J connectivity index is 1.84. The lowest BCUT2D eigenvalue weighted by Gasteiger charge is -2.19. The summed E-state index contributed by atoms with van der Waals surface area (Å²) in [6, 6.07) is 10.6. The summed E-state index contributed by atoms with van der Waals surface area (Å²) in [7, 11) is 1.60. The Kier molecular flexibility index (Phi) is 6.62. The first-order valence-electron chi connectivity index (χ1n) is 10.2. The average Bonchev–Trinajstić information content (AvgIpc) is 2.72. The standard InChI is InChI=1S/C24H27N3O5/c1-15-11-18(23(29)32-24(3,4)5)13-25-21(15)31-20-12-16(2)26-27(22(20)28)14-17-7-9-19(30-6)10-8-17/h7-13H,14H2,1-6H3. The van der Waals surface area contributed by atoms with Crippen LogP contribution in [-0.4, -0.2) is 33.4 Å². The Bertz CT molecular complexity index is 1180. The second-order valence-electron chi connectivity index (χ2n) is 8.41. The number of rotatable bonds is 6. The molecule has 0 bridgehead atoms. The van der Waals surface area contributed by atoms with Crippen LogP contribution in [0.4, 0.5) is 0 Å². The van der Waals surface area contributed by atoms with E-state index in [0.717, 1.165) is 11.3 Å². The van der Waals surface area contributed by atoms with E-state index in [4.69, 9.17) is 14.2 Å². The van der Waals surface area contributed by atoms with Crippen LogP contribution in [0, 0.1) is 13.8 Å². The molecule has 2 heterocycles. The molecule has 1 aromatic carbocycles. The van der Waals surface area contributed by atoms with Crippen molar-refractivity contribution in [2.24, 2.45) is 0 Å². The molecule has 0 fully saturated rings. The molecule has 0 spiro atoms. The van der Waals surface area contributed by atoms with Crippen molar-refractivity contribution in [1.29, 1.82) is 0 Å². The van der Waals surface area contributed by atoms with E-state index in [1.807, 2.05) is 24.3 Å². The van der Waals surface area contributed by atoms with E-state index in [2.05, 4.69) is 10.1 Å². The minimum atomic E-state index is -0.607. The number of ether oxygens (including phenoxy) is 3. The Morgan fingerprint density at radius 2 is 1.78 bits per heavy atom. The summed E-state index contributed by atoms with van der Waals surface area (Å²) in [4.78, 5) is 29.4. The Hall–Kier alpha value is -3.68. The first-order chi connectivity index (χ1) is 15.1. The molecule has 32 heavy (non-hydrogen) atoms. The van der Waals surface area contributed by atoms with E-state index in [0.29, 0.717) is 16.8 Å². The van der Waals surface area contributed by atoms with Crippen molar-refractivity contribution in [2.75, 3.05) is 7.11 Å². The zero-order valence-corrected chi connectivity index (χ0v) is 19.1. The number of hydrogen-bond donors (Lipinski definition) is 0. The summed E-state index contributed by atoms with van der Waals surface area (Å²) >= 11 is 0. The summed E-state index contributed by atoms with van der Waals surface area (Å²) in [5.41, 5.74) is 1.44. The predicted octanol–water partition coefficient (Wildman–Crippen LogP) is 4.06. The normalized spacial score (nSPS) is 11.2. The zero-order chi connectivity index (χ0) is 23.5. The summed E-state index contributed by atoms with van der Waals surface area (Å²) in [6.07, 6.45) is 1.38. The SMILES string of the molecule is COc1ccc(Cn2nc(C)cc(Oc3ncc(C(=O)OC(C)(C)C)cc3C)c2=O)cc1. The molecule has 0 N–H and O–H groups in total. The number of esters is 1. The van der Waals surface area contributed by atoms with Gasteiger partial charge in [-0.25, -0.2) is 14.5 Å². The van der Waals surface area contributed by atoms with Crippen molar-refractivity contribution in [3.63, 3.8) is 0 Å². The van der Waals surface area contributed by atoms with E-state index in [1.165, 1.54) is 10.9 Å². The maximum absolute atomic E-state index is 12.9. The van der Waals surface area contributed by atoms with Crippen LogP contribution in [0.25, 0.3) is 0 Å². The number of nitrogens with zero attached hydrogens (tertiary/aromatic N) is 3. The number of methoxy groups -OCH3 is 1. The van der Waals surface area contributed by atoms with Crippen LogP contribution in [0.1, 0.15) is 48.0 Å². The fourth-order valence-corrected chi connectivity index (χ4v) is 2.95. The average molecular weight is 437 g/mol. The molecule has 3 rings (SSSR count). The van der Waals surface area contributed by atoms with Crippen molar-refractivity contribution >= 4 is 5.97 Å². The Morgan fingerprint density at radius 3 is 2.38 bits per heavy atom. The summed E-state index contributed by atoms with van der Waals surface area (Å²) in [5.74, 6) is 0.600. The lowest BCUT2D eigenvalue weighted by atomic mass is 10.1. The van der Waals surface area contributed by atoms with Gasteiger partial charge in [0.25, 0.3) is 0 Å². The highest BCUT2D eigenvalue weighted by Crippen LogP contribution is 2.22. The van der Waals surface area contributed by atoms with E-state index in [-0.39, 0.29) is 23.7 Å². The number of pyridine rings is 1. The van der Waals surface area contributed by atoms with Crippen LogP contribution in [0.5, 0.6) is 17.4 Å². The number of benzene rings is 1. The van der Waals surface area contributed by atoms with Gasteiger partial charge in [0, 0.05) is 17.8 Å². The molecule has 0 saturated heterocycles. The van der Waals surface area contributed by atoms with Crippen LogP contribution in [-0.2, 0) is 11.3 Å². The van der Waals surface area contributed by atoms with Crippen LogP contribution in [0.3, 0.4) is 0 Å². The van der Waals surface area contributed by atoms with Gasteiger partial charge in [0.15, 0.2) is 5.75 Å². The fraction of sp³-hybridized carbons (Fsp3) is 0.333. The summed E-state index contributed by atoms with van der Waals surface area (Å²) in [6.45, 7) is 9.20. The van der Waals surface area contributed by atoms with Gasteiger partial charge in [0.05, 0.1) is 24.9 Å². The molecule has 2 aromatic heterocycles. The van der Waals surface area contributed by atoms with Crippen molar-refractivity contribution in [1.82, 2.24) is 14.8 Å².